The summed E-state index contributed by atoms with van der Waals surface area (Å²) in [6, 6.07) is 6.02. The molecule has 0 unspecified atom stereocenters. The van der Waals surface area contributed by atoms with Gasteiger partial charge in [0.1, 0.15) is 11.5 Å². The summed E-state index contributed by atoms with van der Waals surface area (Å²) in [5, 5.41) is 9.72. The summed E-state index contributed by atoms with van der Waals surface area (Å²) >= 11 is 0. The van der Waals surface area contributed by atoms with Crippen LogP contribution in [-0.2, 0) is 21.8 Å². The number of ether oxygens (including phenoxy) is 2. The van der Waals surface area contributed by atoms with Crippen LogP contribution >= 0.6 is 0 Å². The molecule has 2 aromatic rings. The monoisotopic (exact) mass is 451 g/mol. The summed E-state index contributed by atoms with van der Waals surface area (Å²) in [6.45, 7) is 0.949. The molecule has 3 atom stereocenters. The zero-order valence-corrected chi connectivity index (χ0v) is 15.8. The van der Waals surface area contributed by atoms with Gasteiger partial charge < -0.3 is 14.6 Å². The smallest absolute Gasteiger partial charge is 0.370 e. The lowest BCUT2D eigenvalue weighted by atomic mass is 10.0. The number of hydrogen-bond acceptors (Lipinski definition) is 4. The molecule has 3 rings (SSSR count). The van der Waals surface area contributed by atoms with Crippen molar-refractivity contribution < 1.29 is 45.3 Å². The second-order valence-corrected chi connectivity index (χ2v) is 6.78. The number of aliphatic imine (C=N–C) groups is 1. The zero-order chi connectivity index (χ0) is 23.0. The molecule has 1 aliphatic heterocycles. The number of benzene rings is 2. The third-order valence-electron chi connectivity index (χ3n) is 4.46. The van der Waals surface area contributed by atoms with Gasteiger partial charge >= 0.3 is 12.4 Å². The van der Waals surface area contributed by atoms with E-state index < -0.39 is 47.9 Å². The summed E-state index contributed by atoms with van der Waals surface area (Å²) in [7, 11) is 0. The Kier molecular flexibility index (Phi) is 6.40. The van der Waals surface area contributed by atoms with Crippen molar-refractivity contribution in [3.05, 3.63) is 70.5 Å². The molecule has 11 heteroatoms. The maximum atomic E-state index is 13.2. The van der Waals surface area contributed by atoms with E-state index in [1.54, 1.807) is 0 Å². The van der Waals surface area contributed by atoms with Crippen LogP contribution in [0.1, 0.15) is 35.3 Å². The minimum atomic E-state index is -5.00. The Bertz CT molecular complexity index is 922. The van der Waals surface area contributed by atoms with Crippen LogP contribution in [0, 0.1) is 5.82 Å². The predicted molar refractivity (Wildman–Crippen MR) is 94.6 cm³/mol. The van der Waals surface area contributed by atoms with Crippen molar-refractivity contribution in [2.24, 2.45) is 4.99 Å². The Labute approximate surface area is 171 Å². The van der Waals surface area contributed by atoms with Crippen LogP contribution in [-0.4, -0.2) is 29.9 Å². The van der Waals surface area contributed by atoms with Crippen molar-refractivity contribution in [2.45, 2.75) is 37.9 Å². The summed E-state index contributed by atoms with van der Waals surface area (Å²) < 4.78 is 103. The van der Waals surface area contributed by atoms with Gasteiger partial charge in [-0.2, -0.15) is 26.3 Å². The fourth-order valence-corrected chi connectivity index (χ4v) is 2.92. The number of rotatable bonds is 4. The van der Waals surface area contributed by atoms with Gasteiger partial charge in [0.2, 0.25) is 6.29 Å². The first-order valence-electron chi connectivity index (χ1n) is 8.93. The van der Waals surface area contributed by atoms with Gasteiger partial charge in [-0.25, -0.2) is 4.39 Å². The predicted octanol–water partition coefficient (Wildman–Crippen LogP) is 5.10. The van der Waals surface area contributed by atoms with E-state index in [1.165, 1.54) is 19.1 Å². The van der Waals surface area contributed by atoms with E-state index in [-0.39, 0.29) is 23.9 Å². The number of aliphatic hydroxyl groups excluding tert-OH is 1. The molecule has 168 valence electrons. The number of hydrogen-bond donors (Lipinski definition) is 1. The molecule has 0 fully saturated rings. The van der Waals surface area contributed by atoms with Crippen molar-refractivity contribution >= 4 is 5.71 Å². The molecular weight excluding hydrogens is 435 g/mol. The van der Waals surface area contributed by atoms with Gasteiger partial charge in [-0.15, -0.1) is 0 Å². The van der Waals surface area contributed by atoms with Crippen molar-refractivity contribution in [3.63, 3.8) is 0 Å². The van der Waals surface area contributed by atoms with E-state index in [9.17, 15) is 35.8 Å². The van der Waals surface area contributed by atoms with E-state index in [0.29, 0.717) is 17.7 Å². The number of nitrogens with zero attached hydrogens (tertiary/aromatic N) is 1. The average molecular weight is 451 g/mol. The van der Waals surface area contributed by atoms with Crippen molar-refractivity contribution in [2.75, 3.05) is 6.61 Å². The highest BCUT2D eigenvalue weighted by molar-refractivity contribution is 6.03. The van der Waals surface area contributed by atoms with E-state index in [4.69, 9.17) is 9.47 Å². The molecule has 0 amide bonds. The Morgan fingerprint density at radius 2 is 1.55 bits per heavy atom. The third-order valence-corrected chi connectivity index (χ3v) is 4.46. The topological polar surface area (TPSA) is 51.0 Å². The largest absolute Gasteiger partial charge is 0.416 e. The zero-order valence-electron chi connectivity index (χ0n) is 15.8. The Balaban J connectivity index is 1.93. The third kappa shape index (κ3) is 5.60. The van der Waals surface area contributed by atoms with Gasteiger partial charge in [-0.3, -0.25) is 4.99 Å². The van der Waals surface area contributed by atoms with E-state index in [1.807, 2.05) is 0 Å². The summed E-state index contributed by atoms with van der Waals surface area (Å²) in [5.41, 5.74) is -3.00. The van der Waals surface area contributed by atoms with Gasteiger partial charge in [0.15, 0.2) is 6.23 Å². The lowest BCUT2D eigenvalue weighted by Crippen LogP contribution is -2.37. The molecule has 0 aliphatic carbocycles. The highest BCUT2D eigenvalue weighted by Gasteiger charge is 2.38. The van der Waals surface area contributed by atoms with Gasteiger partial charge in [0.25, 0.3) is 0 Å². The van der Waals surface area contributed by atoms with Crippen LogP contribution in [0.5, 0.6) is 0 Å². The molecule has 0 bridgehead atoms. The Morgan fingerprint density at radius 1 is 1.00 bits per heavy atom. The summed E-state index contributed by atoms with van der Waals surface area (Å²) in [6.07, 6.45) is -13.8. The second kappa shape index (κ2) is 8.56. The molecule has 31 heavy (non-hydrogen) atoms. The molecule has 1 heterocycles. The van der Waals surface area contributed by atoms with Gasteiger partial charge in [0, 0.05) is 5.56 Å². The van der Waals surface area contributed by atoms with E-state index in [2.05, 4.69) is 4.99 Å². The SMILES string of the molecule is C[C@@H](O[C@H]1OC[C@H](O)N=C1c1ccc(F)cc1)c1cc(C(F)(F)F)cc(C(F)(F)F)c1. The van der Waals surface area contributed by atoms with Crippen LogP contribution in [0.2, 0.25) is 0 Å². The normalized spacial score (nSPS) is 21.0. The average Bonchev–Trinajstić information content (AvgIpc) is 2.68. The lowest BCUT2D eigenvalue weighted by molar-refractivity contribution is -0.151. The van der Waals surface area contributed by atoms with Gasteiger partial charge in [-0.1, -0.05) is 12.1 Å². The first kappa shape index (κ1) is 23.2. The van der Waals surface area contributed by atoms with Crippen LogP contribution in [0.3, 0.4) is 0 Å². The number of aliphatic hydroxyl groups is 1. The van der Waals surface area contributed by atoms with E-state index >= 15 is 0 Å². The van der Waals surface area contributed by atoms with Crippen molar-refractivity contribution in [1.82, 2.24) is 0 Å². The molecule has 0 saturated carbocycles. The van der Waals surface area contributed by atoms with Crippen LogP contribution in [0.15, 0.2) is 47.5 Å². The molecule has 1 aliphatic rings. The maximum absolute atomic E-state index is 13.2. The molecular formula is C20H16F7NO3. The maximum Gasteiger partial charge on any atom is 0.416 e. The van der Waals surface area contributed by atoms with E-state index in [0.717, 1.165) is 12.1 Å². The molecule has 1 N–H and O–H groups in total. The standard InChI is InChI=1S/C20H16F7NO3/c1-10(12-6-13(19(22,23)24)8-14(7-12)20(25,26)27)31-18-17(28-16(29)9-30-18)11-2-4-15(21)5-3-11/h2-8,10,16,18,29H,9H2,1H3/t10-,16+,18-/m1/s1. The molecule has 2 aromatic carbocycles. The van der Waals surface area contributed by atoms with Crippen molar-refractivity contribution in [3.8, 4) is 0 Å². The summed E-state index contributed by atoms with van der Waals surface area (Å²) in [4.78, 5) is 3.96. The number of alkyl halides is 6. The van der Waals surface area contributed by atoms with Crippen LogP contribution < -0.4 is 0 Å². The highest BCUT2D eigenvalue weighted by Crippen LogP contribution is 2.38. The van der Waals surface area contributed by atoms with Crippen LogP contribution in [0.4, 0.5) is 30.7 Å². The number of halogens is 7. The quantitative estimate of drug-likeness (QED) is 0.658. The Hall–Kier alpha value is -2.50. The fourth-order valence-electron chi connectivity index (χ4n) is 2.92. The highest BCUT2D eigenvalue weighted by atomic mass is 19.4. The Morgan fingerprint density at radius 3 is 2.06 bits per heavy atom. The second-order valence-electron chi connectivity index (χ2n) is 6.78. The first-order valence-corrected chi connectivity index (χ1v) is 8.93. The van der Waals surface area contributed by atoms with Gasteiger partial charge in [-0.05, 0) is 42.8 Å². The minimum absolute atomic E-state index is 0.0219. The minimum Gasteiger partial charge on any atom is -0.370 e. The van der Waals surface area contributed by atoms with Gasteiger partial charge in [0.05, 0.1) is 23.8 Å². The molecule has 0 spiro atoms. The molecule has 0 aromatic heterocycles. The van der Waals surface area contributed by atoms with Crippen molar-refractivity contribution in [1.29, 1.82) is 0 Å². The first-order chi connectivity index (χ1) is 14.3. The molecule has 4 nitrogen and oxygen atoms in total. The molecule has 0 radical (unpaired) electrons. The molecule has 0 saturated heterocycles. The fraction of sp³-hybridized carbons (Fsp3) is 0.350. The van der Waals surface area contributed by atoms with Crippen LogP contribution in [0.25, 0.3) is 0 Å². The summed E-state index contributed by atoms with van der Waals surface area (Å²) in [5.74, 6) is -0.545. The lowest BCUT2D eigenvalue weighted by Gasteiger charge is -2.29.